The van der Waals surface area contributed by atoms with Gasteiger partial charge in [-0.3, -0.25) is 15.0 Å². The first-order valence-corrected chi connectivity index (χ1v) is 5.88. The molecule has 1 aliphatic heterocycles. The van der Waals surface area contributed by atoms with Crippen molar-refractivity contribution in [1.29, 1.82) is 0 Å². The maximum Gasteiger partial charge on any atom is 0.255 e. The van der Waals surface area contributed by atoms with E-state index in [1.54, 1.807) is 12.3 Å². The summed E-state index contributed by atoms with van der Waals surface area (Å²) in [5, 5.41) is 12.5. The maximum atomic E-state index is 10.5. The Morgan fingerprint density at radius 2 is 2.44 bits per heavy atom. The number of aromatic nitrogens is 1. The first-order valence-electron chi connectivity index (χ1n) is 5.50. The van der Waals surface area contributed by atoms with Gasteiger partial charge < -0.3 is 0 Å². The summed E-state index contributed by atoms with van der Waals surface area (Å²) in [7, 11) is 0. The molecule has 18 heavy (non-hydrogen) atoms. The lowest BCUT2D eigenvalue weighted by atomic mass is 10.2. The summed E-state index contributed by atoms with van der Waals surface area (Å²) >= 11 is 5.70. The molecule has 96 valence electrons. The molecule has 1 saturated heterocycles. The van der Waals surface area contributed by atoms with Gasteiger partial charge >= 0.3 is 0 Å². The third kappa shape index (κ3) is 3.41. The van der Waals surface area contributed by atoms with Crippen LogP contribution in [-0.4, -0.2) is 21.6 Å². The molecule has 1 aromatic rings. The standard InChI is InChI=1S/C11H12ClN3O3/c12-11-4-3-9(6-13-11)7-14-10(8-15(16)17)2-1-5-18-14/h3-4,6,8H,1-2,5,7H2. The monoisotopic (exact) mass is 269 g/mol. The van der Waals surface area contributed by atoms with Crippen molar-refractivity contribution in [3.63, 3.8) is 0 Å². The number of hydrogen-bond donors (Lipinski definition) is 0. The lowest BCUT2D eigenvalue weighted by molar-refractivity contribution is -0.406. The Hall–Kier alpha value is -1.66. The van der Waals surface area contributed by atoms with E-state index in [1.807, 2.05) is 6.07 Å². The molecule has 6 nitrogen and oxygen atoms in total. The van der Waals surface area contributed by atoms with Crippen LogP contribution in [0.5, 0.6) is 0 Å². The van der Waals surface area contributed by atoms with Crippen molar-refractivity contribution in [3.05, 3.63) is 51.1 Å². The van der Waals surface area contributed by atoms with Crippen LogP contribution < -0.4 is 0 Å². The molecule has 7 heteroatoms. The maximum absolute atomic E-state index is 10.5. The predicted molar refractivity (Wildman–Crippen MR) is 65.1 cm³/mol. The quantitative estimate of drug-likeness (QED) is 0.479. The summed E-state index contributed by atoms with van der Waals surface area (Å²) in [4.78, 5) is 19.5. The van der Waals surface area contributed by atoms with Crippen molar-refractivity contribution in [3.8, 4) is 0 Å². The number of pyridine rings is 1. The summed E-state index contributed by atoms with van der Waals surface area (Å²) in [5.41, 5.74) is 1.46. The van der Waals surface area contributed by atoms with Crippen molar-refractivity contribution < 1.29 is 9.76 Å². The van der Waals surface area contributed by atoms with Crippen LogP contribution in [0, 0.1) is 10.1 Å². The minimum atomic E-state index is -0.461. The third-order valence-electron chi connectivity index (χ3n) is 2.51. The van der Waals surface area contributed by atoms with Crippen molar-refractivity contribution in [1.82, 2.24) is 10.0 Å². The molecular weight excluding hydrogens is 258 g/mol. The molecule has 0 atom stereocenters. The topological polar surface area (TPSA) is 68.5 Å². The SMILES string of the molecule is O=[N+]([O-])C=C1CCCON1Cc1ccc(Cl)nc1. The summed E-state index contributed by atoms with van der Waals surface area (Å²) in [6.45, 7) is 0.986. The van der Waals surface area contributed by atoms with Crippen LogP contribution in [0.25, 0.3) is 0 Å². The molecule has 0 radical (unpaired) electrons. The first kappa shape index (κ1) is 12.8. The summed E-state index contributed by atoms with van der Waals surface area (Å²) in [5.74, 6) is 0. The van der Waals surface area contributed by atoms with Gasteiger partial charge in [0.25, 0.3) is 6.20 Å². The second kappa shape index (κ2) is 5.79. The average Bonchev–Trinajstić information content (AvgIpc) is 2.34. The fourth-order valence-electron chi connectivity index (χ4n) is 1.70. The van der Waals surface area contributed by atoms with Gasteiger partial charge in [-0.2, -0.15) is 0 Å². The Morgan fingerprint density at radius 3 is 3.11 bits per heavy atom. The second-order valence-electron chi connectivity index (χ2n) is 3.87. The van der Waals surface area contributed by atoms with E-state index in [1.165, 1.54) is 5.06 Å². The van der Waals surface area contributed by atoms with Gasteiger partial charge in [-0.15, -0.1) is 0 Å². The van der Waals surface area contributed by atoms with Crippen LogP contribution in [0.15, 0.2) is 30.2 Å². The molecule has 0 unspecified atom stereocenters. The Morgan fingerprint density at radius 1 is 1.61 bits per heavy atom. The largest absolute Gasteiger partial charge is 0.273 e. The Labute approximate surface area is 109 Å². The summed E-state index contributed by atoms with van der Waals surface area (Å²) in [6.07, 6.45) is 4.05. The first-order chi connectivity index (χ1) is 8.65. The number of nitro groups is 1. The van der Waals surface area contributed by atoms with Gasteiger partial charge in [-0.1, -0.05) is 17.7 Å². The minimum absolute atomic E-state index is 0.416. The van der Waals surface area contributed by atoms with E-state index in [-0.39, 0.29) is 0 Å². The molecule has 0 saturated carbocycles. The van der Waals surface area contributed by atoms with Crippen LogP contribution in [0.2, 0.25) is 5.15 Å². The van der Waals surface area contributed by atoms with Crippen molar-refractivity contribution in [2.45, 2.75) is 19.4 Å². The zero-order chi connectivity index (χ0) is 13.0. The average molecular weight is 270 g/mol. The number of halogens is 1. The minimum Gasteiger partial charge on any atom is -0.273 e. The highest BCUT2D eigenvalue weighted by atomic mass is 35.5. The number of nitrogens with zero attached hydrogens (tertiary/aromatic N) is 3. The molecule has 0 bridgehead atoms. The zero-order valence-corrected chi connectivity index (χ0v) is 10.3. The van der Waals surface area contributed by atoms with E-state index < -0.39 is 4.92 Å². The zero-order valence-electron chi connectivity index (χ0n) is 9.58. The lowest BCUT2D eigenvalue weighted by Gasteiger charge is -2.28. The highest BCUT2D eigenvalue weighted by molar-refractivity contribution is 6.29. The Bertz CT molecular complexity index is 461. The van der Waals surface area contributed by atoms with Gasteiger partial charge in [0.05, 0.1) is 18.1 Å². The summed E-state index contributed by atoms with van der Waals surface area (Å²) < 4.78 is 0. The Balaban J connectivity index is 2.10. The fourth-order valence-corrected chi connectivity index (χ4v) is 1.81. The summed E-state index contributed by atoms with van der Waals surface area (Å²) in [6, 6.07) is 3.49. The fraction of sp³-hybridized carbons (Fsp3) is 0.364. The van der Waals surface area contributed by atoms with E-state index in [9.17, 15) is 10.1 Å². The van der Waals surface area contributed by atoms with Gasteiger partial charge in [0, 0.05) is 6.20 Å². The molecule has 2 heterocycles. The molecule has 1 fully saturated rings. The molecule has 0 aliphatic carbocycles. The van der Waals surface area contributed by atoms with Gasteiger partial charge in [-0.25, -0.2) is 10.0 Å². The van der Waals surface area contributed by atoms with Crippen LogP contribution in [0.4, 0.5) is 0 Å². The number of hydroxylamine groups is 2. The smallest absolute Gasteiger partial charge is 0.255 e. The van der Waals surface area contributed by atoms with Crippen LogP contribution >= 0.6 is 11.6 Å². The van der Waals surface area contributed by atoms with Crippen molar-refractivity contribution >= 4 is 11.6 Å². The number of rotatable bonds is 3. The number of allylic oxidation sites excluding steroid dienone is 1. The molecule has 0 N–H and O–H groups in total. The highest BCUT2D eigenvalue weighted by Crippen LogP contribution is 2.21. The molecule has 0 spiro atoms. The Kier molecular flexibility index (Phi) is 4.11. The van der Waals surface area contributed by atoms with Crippen LogP contribution in [0.3, 0.4) is 0 Å². The predicted octanol–water partition coefficient (Wildman–Crippen LogP) is 2.38. The van der Waals surface area contributed by atoms with Crippen LogP contribution in [-0.2, 0) is 11.4 Å². The molecule has 2 rings (SSSR count). The normalized spacial score (nSPS) is 18.1. The molecular formula is C11H12ClN3O3. The van der Waals surface area contributed by atoms with Gasteiger partial charge in [0.15, 0.2) is 0 Å². The third-order valence-corrected chi connectivity index (χ3v) is 2.74. The molecule has 1 aromatic heterocycles. The van der Waals surface area contributed by atoms with E-state index in [0.717, 1.165) is 18.2 Å². The highest BCUT2D eigenvalue weighted by Gasteiger charge is 2.19. The molecule has 1 aliphatic rings. The van der Waals surface area contributed by atoms with Crippen LogP contribution in [0.1, 0.15) is 18.4 Å². The van der Waals surface area contributed by atoms with E-state index in [2.05, 4.69) is 4.98 Å². The van der Waals surface area contributed by atoms with Gasteiger partial charge in [0.2, 0.25) is 0 Å². The van der Waals surface area contributed by atoms with E-state index in [0.29, 0.717) is 30.4 Å². The molecule has 0 aromatic carbocycles. The van der Waals surface area contributed by atoms with Gasteiger partial charge in [-0.05, 0) is 24.5 Å². The van der Waals surface area contributed by atoms with E-state index >= 15 is 0 Å². The number of hydrogen-bond acceptors (Lipinski definition) is 5. The van der Waals surface area contributed by atoms with Crippen molar-refractivity contribution in [2.24, 2.45) is 0 Å². The lowest BCUT2D eigenvalue weighted by Crippen LogP contribution is -2.28. The van der Waals surface area contributed by atoms with Gasteiger partial charge in [0.1, 0.15) is 10.9 Å². The molecule has 0 amide bonds. The second-order valence-corrected chi connectivity index (χ2v) is 4.26. The van der Waals surface area contributed by atoms with E-state index in [4.69, 9.17) is 16.4 Å². The van der Waals surface area contributed by atoms with Crippen molar-refractivity contribution in [2.75, 3.05) is 6.61 Å².